The molecule has 0 saturated heterocycles. The number of carboxylic acids is 1. The van der Waals surface area contributed by atoms with E-state index in [2.05, 4.69) is 172 Å². The average Bonchev–Trinajstić information content (AvgIpc) is 3.31. The third-order valence-corrected chi connectivity index (χ3v) is 10.4. The van der Waals surface area contributed by atoms with Crippen molar-refractivity contribution in [3.63, 3.8) is 0 Å². The first-order valence-electron chi connectivity index (χ1n) is 26.0. The zero-order valence-electron chi connectivity index (χ0n) is 43.6. The number of nitrogens with zero attached hydrogens (tertiary/aromatic N) is 1. The molecule has 8 nitrogen and oxygen atoms in total. The average molecular weight is 952 g/mol. The predicted octanol–water partition coefficient (Wildman–Crippen LogP) is 14.1. The Balaban J connectivity index is 4.47. The van der Waals surface area contributed by atoms with Gasteiger partial charge in [0, 0.05) is 19.3 Å². The molecule has 0 aromatic carbocycles. The molecule has 8 heteroatoms. The number of hydrogen-bond acceptors (Lipinski definition) is 7. The molecular formula is C61H93NO7. The lowest BCUT2D eigenvalue weighted by Crippen LogP contribution is -2.55. The summed E-state index contributed by atoms with van der Waals surface area (Å²) in [5.41, 5.74) is 0. The van der Waals surface area contributed by atoms with Crippen molar-refractivity contribution in [2.75, 3.05) is 41.0 Å². The molecular weight excluding hydrogens is 859 g/mol. The Morgan fingerprint density at radius 3 is 1.14 bits per heavy atom. The summed E-state index contributed by atoms with van der Waals surface area (Å²) in [7, 11) is 5.37. The van der Waals surface area contributed by atoms with E-state index >= 15 is 0 Å². The maximum Gasteiger partial charge on any atom is 0.306 e. The summed E-state index contributed by atoms with van der Waals surface area (Å²) < 4.78 is 17.1. The highest BCUT2D eigenvalue weighted by Gasteiger charge is 2.25. The number of likely N-dealkylation sites (N-methyl/N-ethyl adjacent to an activating group) is 1. The molecule has 0 saturated carbocycles. The van der Waals surface area contributed by atoms with Crippen LogP contribution in [0, 0.1) is 0 Å². The summed E-state index contributed by atoms with van der Waals surface area (Å²) in [4.78, 5) is 37.1. The molecule has 0 heterocycles. The van der Waals surface area contributed by atoms with Crippen LogP contribution in [0.15, 0.2) is 158 Å². The highest BCUT2D eigenvalue weighted by Crippen LogP contribution is 2.11. The summed E-state index contributed by atoms with van der Waals surface area (Å²) >= 11 is 0. The lowest BCUT2D eigenvalue weighted by Gasteiger charge is -2.34. The smallest absolute Gasteiger partial charge is 0.306 e. The monoisotopic (exact) mass is 952 g/mol. The van der Waals surface area contributed by atoms with Gasteiger partial charge in [0.1, 0.15) is 12.6 Å². The van der Waals surface area contributed by atoms with Crippen molar-refractivity contribution < 1.29 is 38.2 Å². The van der Waals surface area contributed by atoms with Crippen molar-refractivity contribution in [1.82, 2.24) is 0 Å². The first-order valence-corrected chi connectivity index (χ1v) is 26.0. The fourth-order valence-corrected chi connectivity index (χ4v) is 6.47. The molecule has 0 N–H and O–H groups in total. The summed E-state index contributed by atoms with van der Waals surface area (Å²) in [5.74, 6) is -1.88. The molecule has 0 aromatic rings. The number of carboxylic acid groups (broad SMARTS) is 1. The Kier molecular flexibility index (Phi) is 45.8. The van der Waals surface area contributed by atoms with Crippen LogP contribution in [-0.2, 0) is 28.6 Å². The molecule has 2 unspecified atom stereocenters. The standard InChI is InChI=1S/C61H93NO7/c1-6-8-10-12-14-16-18-20-22-24-26-28-30-32-33-35-37-39-41-43-45-47-49-51-59(63)68-56-57(55-67-54-53-58(61(65)66)62(3,4)5)69-60(64)52-50-48-46-44-42-40-38-36-34-31-29-27-25-23-21-19-17-15-13-11-9-7-2/h8-11,14-17,20-23,26-29,32-34,36-37,39-40,42-43,45,57-58H,6-7,12-13,18-19,24-25,30-31,35,38,41,44,46-56H2,1-5H3/b10-8+,11-9+,16-14+,17-15+,22-20+,23-21+,28-26+,29-27+,33-32+,36-34+,39-37+,42-40+,45-43+. The van der Waals surface area contributed by atoms with Crippen LogP contribution in [0.2, 0.25) is 0 Å². The van der Waals surface area contributed by atoms with Crippen LogP contribution in [0.4, 0.5) is 0 Å². The maximum atomic E-state index is 12.8. The van der Waals surface area contributed by atoms with Crippen LogP contribution in [0.3, 0.4) is 0 Å². The van der Waals surface area contributed by atoms with E-state index in [4.69, 9.17) is 14.2 Å². The van der Waals surface area contributed by atoms with Gasteiger partial charge in [-0.25, -0.2) is 0 Å². The largest absolute Gasteiger partial charge is 0.544 e. The highest BCUT2D eigenvalue weighted by molar-refractivity contribution is 5.70. The maximum absolute atomic E-state index is 12.8. The second kappa shape index (κ2) is 49.4. The summed E-state index contributed by atoms with van der Waals surface area (Å²) in [6, 6.07) is -0.753. The normalized spacial score (nSPS) is 14.2. The number of esters is 2. The zero-order valence-corrected chi connectivity index (χ0v) is 43.6. The summed E-state index contributed by atoms with van der Waals surface area (Å²) in [6.45, 7) is 4.31. The first kappa shape index (κ1) is 64.0. The van der Waals surface area contributed by atoms with E-state index in [1.807, 2.05) is 0 Å². The molecule has 384 valence electrons. The van der Waals surface area contributed by atoms with Crippen molar-refractivity contribution in [3.8, 4) is 0 Å². The van der Waals surface area contributed by atoms with Crippen LogP contribution >= 0.6 is 0 Å². The van der Waals surface area contributed by atoms with Gasteiger partial charge in [-0.2, -0.15) is 0 Å². The Morgan fingerprint density at radius 1 is 0.435 bits per heavy atom. The van der Waals surface area contributed by atoms with E-state index in [1.54, 1.807) is 21.1 Å². The lowest BCUT2D eigenvalue weighted by atomic mass is 10.1. The predicted molar refractivity (Wildman–Crippen MR) is 290 cm³/mol. The second-order valence-corrected chi connectivity index (χ2v) is 17.6. The van der Waals surface area contributed by atoms with E-state index in [0.717, 1.165) is 109 Å². The van der Waals surface area contributed by atoms with Crippen LogP contribution in [0.5, 0.6) is 0 Å². The zero-order chi connectivity index (χ0) is 50.6. The van der Waals surface area contributed by atoms with E-state index in [0.29, 0.717) is 12.8 Å². The van der Waals surface area contributed by atoms with Gasteiger partial charge in [0.05, 0.1) is 40.3 Å². The molecule has 0 aliphatic rings. The number of hydrogen-bond donors (Lipinski definition) is 0. The van der Waals surface area contributed by atoms with Crippen molar-refractivity contribution in [2.24, 2.45) is 0 Å². The fourth-order valence-electron chi connectivity index (χ4n) is 6.47. The number of carbonyl (C=O) groups excluding carboxylic acids is 3. The van der Waals surface area contributed by atoms with Crippen LogP contribution in [-0.4, -0.2) is 75.5 Å². The van der Waals surface area contributed by atoms with E-state index in [1.165, 1.54) is 0 Å². The third-order valence-electron chi connectivity index (χ3n) is 10.4. The number of ether oxygens (including phenoxy) is 3. The van der Waals surface area contributed by atoms with Crippen LogP contribution in [0.25, 0.3) is 0 Å². The molecule has 0 aliphatic heterocycles. The van der Waals surface area contributed by atoms with Gasteiger partial charge < -0.3 is 28.6 Å². The molecule has 0 rings (SSSR count). The number of quaternary nitrogens is 1. The van der Waals surface area contributed by atoms with Crippen molar-refractivity contribution >= 4 is 17.9 Å². The molecule has 0 aromatic heterocycles. The Hall–Kier alpha value is -5.05. The van der Waals surface area contributed by atoms with Crippen molar-refractivity contribution in [1.29, 1.82) is 0 Å². The van der Waals surface area contributed by atoms with Gasteiger partial charge in [-0.05, 0) is 116 Å². The van der Waals surface area contributed by atoms with E-state index < -0.39 is 18.1 Å². The minimum absolute atomic E-state index is 0.00402. The van der Waals surface area contributed by atoms with Gasteiger partial charge >= 0.3 is 11.9 Å². The molecule has 0 spiro atoms. The third kappa shape index (κ3) is 47.8. The summed E-state index contributed by atoms with van der Waals surface area (Å²) in [6.07, 6.45) is 74.3. The number of aliphatic carboxylic acids is 1. The van der Waals surface area contributed by atoms with E-state index in [9.17, 15) is 19.5 Å². The molecule has 0 aliphatic carbocycles. The van der Waals surface area contributed by atoms with Crippen molar-refractivity contribution in [2.45, 2.75) is 167 Å². The number of allylic oxidation sites excluding steroid dienone is 26. The van der Waals surface area contributed by atoms with E-state index in [-0.39, 0.29) is 55.5 Å². The summed E-state index contributed by atoms with van der Waals surface area (Å²) in [5, 5.41) is 11.7. The second-order valence-electron chi connectivity index (χ2n) is 17.6. The van der Waals surface area contributed by atoms with Gasteiger partial charge in [0.2, 0.25) is 0 Å². The van der Waals surface area contributed by atoms with Gasteiger partial charge in [0.25, 0.3) is 0 Å². The number of carbonyl (C=O) groups is 3. The van der Waals surface area contributed by atoms with Crippen molar-refractivity contribution in [3.05, 3.63) is 158 Å². The molecule has 0 bridgehead atoms. The Bertz CT molecular complexity index is 1670. The Labute approximate surface area is 420 Å². The Morgan fingerprint density at radius 2 is 0.783 bits per heavy atom. The van der Waals surface area contributed by atoms with Gasteiger partial charge in [0.15, 0.2) is 6.10 Å². The van der Waals surface area contributed by atoms with Crippen LogP contribution in [0.1, 0.15) is 155 Å². The number of unbranched alkanes of at least 4 members (excludes halogenated alkanes) is 4. The minimum Gasteiger partial charge on any atom is -0.544 e. The quantitative estimate of drug-likeness (QED) is 0.0259. The number of rotatable bonds is 44. The first-order chi connectivity index (χ1) is 33.6. The van der Waals surface area contributed by atoms with Gasteiger partial charge in [-0.1, -0.05) is 178 Å². The molecule has 0 amide bonds. The molecule has 0 fully saturated rings. The molecule has 2 atom stereocenters. The van der Waals surface area contributed by atoms with Gasteiger partial charge in [-0.15, -0.1) is 0 Å². The SMILES string of the molecule is CC/C=C/C/C=C/C/C=C/C/C=C/C/C=C/C/C=C/C/C=C/CCCC(=O)OCC(COCCC(C(=O)[O-])[N+](C)(C)C)OC(=O)CCCCC/C=C/C/C=C/C/C=C/C/C=C/C/C=C/C/C=C/CC. The van der Waals surface area contributed by atoms with Crippen LogP contribution < -0.4 is 5.11 Å². The molecule has 69 heavy (non-hydrogen) atoms. The van der Waals surface area contributed by atoms with Gasteiger partial charge in [-0.3, -0.25) is 9.59 Å². The topological polar surface area (TPSA) is 102 Å². The fraction of sp³-hybridized carbons (Fsp3) is 0.525. The lowest BCUT2D eigenvalue weighted by molar-refractivity contribution is -0.889. The minimum atomic E-state index is -1.15. The highest BCUT2D eigenvalue weighted by atomic mass is 16.6. The molecule has 0 radical (unpaired) electrons.